The summed E-state index contributed by atoms with van der Waals surface area (Å²) in [5.41, 5.74) is 4.21. The first kappa shape index (κ1) is 19.1. The third kappa shape index (κ3) is 3.86. The first-order valence-electron chi connectivity index (χ1n) is 9.68. The zero-order chi connectivity index (χ0) is 20.4. The number of rotatable bonds is 5. The number of amides is 1. The molecule has 1 fully saturated rings. The smallest absolute Gasteiger partial charge is 0.269 e. The lowest BCUT2D eigenvalue weighted by molar-refractivity contribution is 0.0945. The number of carbonyl (C=O) groups is 1. The Kier molecular flexibility index (Phi) is 5.30. The molecule has 0 aromatic carbocycles. The third-order valence-corrected chi connectivity index (χ3v) is 5.17. The molecule has 3 aromatic heterocycles. The molecule has 4 rings (SSSR count). The van der Waals surface area contributed by atoms with Gasteiger partial charge >= 0.3 is 0 Å². The van der Waals surface area contributed by atoms with E-state index in [1.54, 1.807) is 12.3 Å². The van der Waals surface area contributed by atoms with E-state index in [0.29, 0.717) is 24.6 Å². The third-order valence-electron chi connectivity index (χ3n) is 5.17. The maximum atomic E-state index is 12.3. The first-order valence-corrected chi connectivity index (χ1v) is 9.68. The molecular weight excluding hydrogens is 370 g/mol. The van der Waals surface area contributed by atoms with Gasteiger partial charge in [0.1, 0.15) is 11.4 Å². The standard InChI is InChI=1S/C20H25N7O2/c1-13-4-5-14(2)27(13)18-10-19(26-8-9-29-12-15(26)3)25-24-17(18)11-21-20(28)16-6-7-22-23-16/h4-7,10,15H,8-9,11-12H2,1-3H3,(H,21,28)(H,22,23)/t15-/m1/s1. The number of anilines is 1. The lowest BCUT2D eigenvalue weighted by Crippen LogP contribution is -2.44. The van der Waals surface area contributed by atoms with Crippen molar-refractivity contribution in [2.24, 2.45) is 0 Å². The van der Waals surface area contributed by atoms with Gasteiger partial charge in [0.25, 0.3) is 5.91 Å². The minimum absolute atomic E-state index is 0.226. The van der Waals surface area contributed by atoms with Crippen LogP contribution < -0.4 is 10.2 Å². The number of aryl methyl sites for hydroxylation is 2. The van der Waals surface area contributed by atoms with Crippen LogP contribution in [0.15, 0.2) is 30.5 Å². The number of aromatic amines is 1. The zero-order valence-corrected chi connectivity index (χ0v) is 16.8. The van der Waals surface area contributed by atoms with Gasteiger partial charge in [-0.3, -0.25) is 9.89 Å². The summed E-state index contributed by atoms with van der Waals surface area (Å²) in [6.07, 6.45) is 1.55. The van der Waals surface area contributed by atoms with E-state index in [0.717, 1.165) is 29.4 Å². The first-order chi connectivity index (χ1) is 14.0. The van der Waals surface area contributed by atoms with Gasteiger partial charge in [-0.1, -0.05) is 0 Å². The van der Waals surface area contributed by atoms with Crippen molar-refractivity contribution >= 4 is 11.7 Å². The van der Waals surface area contributed by atoms with Crippen LogP contribution in [0.3, 0.4) is 0 Å². The van der Waals surface area contributed by atoms with Gasteiger partial charge in [-0.15, -0.1) is 10.2 Å². The molecule has 0 spiro atoms. The fraction of sp³-hybridized carbons (Fsp3) is 0.400. The molecule has 1 atom stereocenters. The van der Waals surface area contributed by atoms with Gasteiger partial charge in [-0.25, -0.2) is 0 Å². The highest BCUT2D eigenvalue weighted by Crippen LogP contribution is 2.24. The number of carbonyl (C=O) groups excluding carboxylic acids is 1. The van der Waals surface area contributed by atoms with Crippen LogP contribution in [0.4, 0.5) is 5.82 Å². The molecule has 29 heavy (non-hydrogen) atoms. The maximum absolute atomic E-state index is 12.3. The average Bonchev–Trinajstić information content (AvgIpc) is 3.37. The predicted octanol–water partition coefficient (Wildman–Crippen LogP) is 1.76. The highest BCUT2D eigenvalue weighted by molar-refractivity contribution is 5.92. The minimum Gasteiger partial charge on any atom is -0.377 e. The molecule has 1 amide bonds. The van der Waals surface area contributed by atoms with Crippen LogP contribution in [0, 0.1) is 13.8 Å². The number of nitrogens with one attached hydrogen (secondary N) is 2. The Balaban J connectivity index is 1.67. The summed E-state index contributed by atoms with van der Waals surface area (Å²) in [6, 6.07) is 8.04. The van der Waals surface area contributed by atoms with Gasteiger partial charge in [0.15, 0.2) is 5.82 Å². The lowest BCUT2D eigenvalue weighted by Gasteiger charge is -2.34. The Bertz CT molecular complexity index is 977. The van der Waals surface area contributed by atoms with Crippen molar-refractivity contribution in [2.45, 2.75) is 33.4 Å². The zero-order valence-electron chi connectivity index (χ0n) is 16.8. The Morgan fingerprint density at radius 1 is 1.28 bits per heavy atom. The maximum Gasteiger partial charge on any atom is 0.269 e. The molecule has 1 aliphatic rings. The van der Waals surface area contributed by atoms with Crippen molar-refractivity contribution in [1.29, 1.82) is 0 Å². The fourth-order valence-corrected chi connectivity index (χ4v) is 3.61. The molecular formula is C20H25N7O2. The number of aromatic nitrogens is 5. The molecule has 2 N–H and O–H groups in total. The molecule has 3 aromatic rings. The number of morpholine rings is 1. The second kappa shape index (κ2) is 8.04. The average molecular weight is 395 g/mol. The molecule has 152 valence electrons. The van der Waals surface area contributed by atoms with Crippen LogP contribution in [0.1, 0.15) is 34.5 Å². The Labute approximate surface area is 169 Å². The van der Waals surface area contributed by atoms with Gasteiger partial charge in [0.2, 0.25) is 0 Å². The fourth-order valence-electron chi connectivity index (χ4n) is 3.61. The van der Waals surface area contributed by atoms with Crippen molar-refractivity contribution in [3.8, 4) is 5.69 Å². The summed E-state index contributed by atoms with van der Waals surface area (Å²) < 4.78 is 7.69. The van der Waals surface area contributed by atoms with Crippen LogP contribution in [0.25, 0.3) is 5.69 Å². The molecule has 1 saturated heterocycles. The number of nitrogens with zero attached hydrogens (tertiary/aromatic N) is 5. The van der Waals surface area contributed by atoms with E-state index in [2.05, 4.69) is 68.1 Å². The molecule has 0 radical (unpaired) electrons. The Morgan fingerprint density at radius 2 is 2.07 bits per heavy atom. The van der Waals surface area contributed by atoms with E-state index < -0.39 is 0 Å². The molecule has 4 heterocycles. The number of hydrogen-bond donors (Lipinski definition) is 2. The van der Waals surface area contributed by atoms with Crippen LogP contribution in [-0.4, -0.2) is 56.7 Å². The molecule has 1 aliphatic heterocycles. The van der Waals surface area contributed by atoms with Gasteiger partial charge in [-0.2, -0.15) is 5.10 Å². The SMILES string of the molecule is Cc1ccc(C)n1-c1cc(N2CCOC[C@H]2C)nnc1CNC(=O)c1ccn[nH]1. The van der Waals surface area contributed by atoms with Crippen molar-refractivity contribution in [1.82, 2.24) is 30.3 Å². The minimum atomic E-state index is -0.234. The highest BCUT2D eigenvalue weighted by atomic mass is 16.5. The summed E-state index contributed by atoms with van der Waals surface area (Å²) in [7, 11) is 0. The number of hydrogen-bond acceptors (Lipinski definition) is 6. The second-order valence-electron chi connectivity index (χ2n) is 7.26. The van der Waals surface area contributed by atoms with E-state index >= 15 is 0 Å². The topological polar surface area (TPSA) is 101 Å². The van der Waals surface area contributed by atoms with E-state index in [4.69, 9.17) is 4.74 Å². The molecule has 0 unspecified atom stereocenters. The summed E-state index contributed by atoms with van der Waals surface area (Å²) in [6.45, 7) is 8.59. The van der Waals surface area contributed by atoms with Crippen LogP contribution in [0.5, 0.6) is 0 Å². The monoisotopic (exact) mass is 395 g/mol. The normalized spacial score (nSPS) is 16.8. The molecule has 9 heteroatoms. The van der Waals surface area contributed by atoms with Gasteiger partial charge in [0.05, 0.1) is 31.5 Å². The quantitative estimate of drug-likeness (QED) is 0.683. The Hall–Kier alpha value is -3.20. The molecule has 0 saturated carbocycles. The second-order valence-corrected chi connectivity index (χ2v) is 7.26. The van der Waals surface area contributed by atoms with Crippen LogP contribution in [0.2, 0.25) is 0 Å². The highest BCUT2D eigenvalue weighted by Gasteiger charge is 2.23. The van der Waals surface area contributed by atoms with E-state index in [1.807, 2.05) is 6.07 Å². The summed E-state index contributed by atoms with van der Waals surface area (Å²) in [5, 5.41) is 18.3. The van der Waals surface area contributed by atoms with Crippen LogP contribution in [-0.2, 0) is 11.3 Å². The van der Waals surface area contributed by atoms with Crippen LogP contribution >= 0.6 is 0 Å². The van der Waals surface area contributed by atoms with Crippen molar-refractivity contribution < 1.29 is 9.53 Å². The number of H-pyrrole nitrogens is 1. The summed E-state index contributed by atoms with van der Waals surface area (Å²) in [5.74, 6) is 0.578. The molecule has 0 aliphatic carbocycles. The van der Waals surface area contributed by atoms with Crippen molar-refractivity contribution in [3.63, 3.8) is 0 Å². The van der Waals surface area contributed by atoms with E-state index in [1.165, 1.54) is 0 Å². The molecule has 9 nitrogen and oxygen atoms in total. The summed E-state index contributed by atoms with van der Waals surface area (Å²) in [4.78, 5) is 14.5. The lowest BCUT2D eigenvalue weighted by atomic mass is 10.2. The van der Waals surface area contributed by atoms with E-state index in [-0.39, 0.29) is 18.5 Å². The van der Waals surface area contributed by atoms with Gasteiger partial charge < -0.3 is 19.5 Å². The predicted molar refractivity (Wildman–Crippen MR) is 108 cm³/mol. The largest absolute Gasteiger partial charge is 0.377 e. The van der Waals surface area contributed by atoms with Gasteiger partial charge in [-0.05, 0) is 39.0 Å². The Morgan fingerprint density at radius 3 is 2.76 bits per heavy atom. The van der Waals surface area contributed by atoms with Crippen molar-refractivity contribution in [3.05, 3.63) is 53.2 Å². The molecule has 0 bridgehead atoms. The summed E-state index contributed by atoms with van der Waals surface area (Å²) >= 11 is 0. The van der Waals surface area contributed by atoms with Crippen molar-refractivity contribution in [2.75, 3.05) is 24.7 Å². The van der Waals surface area contributed by atoms with E-state index in [9.17, 15) is 4.79 Å². The number of ether oxygens (including phenoxy) is 1. The van der Waals surface area contributed by atoms with Gasteiger partial charge in [0, 0.05) is 30.2 Å².